The lowest BCUT2D eigenvalue weighted by atomic mass is 9.82. The maximum atomic E-state index is 12.5. The van der Waals surface area contributed by atoms with E-state index in [1.54, 1.807) is 13.0 Å². The third-order valence-electron chi connectivity index (χ3n) is 5.08. The van der Waals surface area contributed by atoms with Crippen LogP contribution < -0.4 is 0 Å². The number of Topliss-reactive ketones (excluding diaryl/α,β-unsaturated/α-hetero) is 1. The zero-order valence-electron chi connectivity index (χ0n) is 12.7. The van der Waals surface area contributed by atoms with Crippen molar-refractivity contribution in [2.45, 2.75) is 51.9 Å². The molecule has 0 spiro atoms. The largest absolute Gasteiger partial charge is 0.298 e. The Morgan fingerprint density at radius 3 is 2.76 bits per heavy atom. The highest BCUT2D eigenvalue weighted by Crippen LogP contribution is 2.49. The molecule has 4 atom stereocenters. The van der Waals surface area contributed by atoms with Crippen LogP contribution in [0.15, 0.2) is 6.07 Å². The summed E-state index contributed by atoms with van der Waals surface area (Å²) in [6.07, 6.45) is 5.62. The molecular weight excluding hydrogens is 262 g/mol. The maximum Gasteiger partial charge on any atom is 0.156 e. The molecule has 0 saturated heterocycles. The molecule has 110 valence electrons. The van der Waals surface area contributed by atoms with Crippen molar-refractivity contribution in [1.82, 2.24) is 9.97 Å². The first kappa shape index (κ1) is 14.2. The van der Waals surface area contributed by atoms with Gasteiger partial charge in [0, 0.05) is 12.1 Å². The van der Waals surface area contributed by atoms with E-state index in [1.165, 1.54) is 25.7 Å². The number of carbonyl (C=O) groups excluding carboxylic acids is 1. The second kappa shape index (κ2) is 5.55. The van der Waals surface area contributed by atoms with Crippen LogP contribution in [0.5, 0.6) is 0 Å². The third kappa shape index (κ3) is 2.83. The monoisotopic (exact) mass is 283 g/mol. The first-order valence-corrected chi connectivity index (χ1v) is 7.81. The molecule has 0 amide bonds. The molecule has 0 N–H and O–H groups in total. The predicted octanol–water partition coefficient (Wildman–Crippen LogP) is 3.10. The summed E-state index contributed by atoms with van der Waals surface area (Å²) < 4.78 is 0. The van der Waals surface area contributed by atoms with Gasteiger partial charge >= 0.3 is 0 Å². The van der Waals surface area contributed by atoms with Gasteiger partial charge in [-0.15, -0.1) is 0 Å². The Bertz CT molecular complexity index is 584. The number of fused-ring (bicyclic) bond motifs is 2. The predicted molar refractivity (Wildman–Crippen MR) is 78.4 cm³/mol. The summed E-state index contributed by atoms with van der Waals surface area (Å²) in [6, 6.07) is 3.91. The van der Waals surface area contributed by atoms with E-state index in [-0.39, 0.29) is 5.78 Å². The maximum absolute atomic E-state index is 12.5. The molecule has 0 aromatic carbocycles. The number of nitriles is 1. The molecule has 0 unspecified atom stereocenters. The van der Waals surface area contributed by atoms with Crippen LogP contribution in [0, 0.1) is 42.9 Å². The average molecular weight is 283 g/mol. The van der Waals surface area contributed by atoms with Gasteiger partial charge < -0.3 is 0 Å². The van der Waals surface area contributed by atoms with E-state index in [9.17, 15) is 10.1 Å². The van der Waals surface area contributed by atoms with Crippen LogP contribution in [0.4, 0.5) is 0 Å². The summed E-state index contributed by atoms with van der Waals surface area (Å²) in [7, 11) is 0. The number of ketones is 1. The van der Waals surface area contributed by atoms with Gasteiger partial charge in [-0.25, -0.2) is 9.97 Å². The van der Waals surface area contributed by atoms with E-state index >= 15 is 0 Å². The van der Waals surface area contributed by atoms with Crippen LogP contribution in [-0.4, -0.2) is 15.8 Å². The highest BCUT2D eigenvalue weighted by atomic mass is 16.1. The van der Waals surface area contributed by atoms with Crippen molar-refractivity contribution in [3.05, 3.63) is 23.3 Å². The second-order valence-electron chi connectivity index (χ2n) is 6.65. The Hall–Kier alpha value is -1.76. The van der Waals surface area contributed by atoms with E-state index in [4.69, 9.17) is 0 Å². The van der Waals surface area contributed by atoms with Crippen molar-refractivity contribution in [3.8, 4) is 6.07 Å². The number of aryl methyl sites for hydroxylation is 2. The minimum Gasteiger partial charge on any atom is -0.298 e. The lowest BCUT2D eigenvalue weighted by Gasteiger charge is -2.21. The van der Waals surface area contributed by atoms with Crippen LogP contribution >= 0.6 is 0 Å². The molecule has 0 radical (unpaired) electrons. The molecule has 2 fully saturated rings. The molecule has 2 saturated carbocycles. The summed E-state index contributed by atoms with van der Waals surface area (Å²) in [5.41, 5.74) is 1.38. The van der Waals surface area contributed by atoms with Gasteiger partial charge in [-0.05, 0) is 56.9 Å². The molecule has 2 bridgehead atoms. The van der Waals surface area contributed by atoms with Gasteiger partial charge in [0.05, 0.1) is 11.8 Å². The van der Waals surface area contributed by atoms with Crippen molar-refractivity contribution in [3.63, 3.8) is 0 Å². The minimum atomic E-state index is -0.732. The van der Waals surface area contributed by atoms with Gasteiger partial charge in [-0.2, -0.15) is 5.26 Å². The summed E-state index contributed by atoms with van der Waals surface area (Å²) in [4.78, 5) is 21.1. The van der Waals surface area contributed by atoms with E-state index in [1.807, 2.05) is 6.92 Å². The number of carbonyl (C=O) groups is 1. The van der Waals surface area contributed by atoms with Crippen LogP contribution in [0.1, 0.15) is 55.2 Å². The summed E-state index contributed by atoms with van der Waals surface area (Å²) in [5.74, 6) is 1.97. The van der Waals surface area contributed by atoms with Gasteiger partial charge in [0.25, 0.3) is 0 Å². The standard InChI is InChI=1S/C17H21N3O/c1-10-5-16(20-11(2)19-10)15(9-18)17(21)8-14-7-12-3-4-13(14)6-12/h5,12-15H,3-4,6-8H2,1-2H3/t12-,13-,14+,15+/m0/s1. The van der Waals surface area contributed by atoms with Gasteiger partial charge in [-0.1, -0.05) is 6.42 Å². The number of aromatic nitrogens is 2. The highest BCUT2D eigenvalue weighted by molar-refractivity contribution is 5.88. The van der Waals surface area contributed by atoms with Gasteiger partial charge in [0.1, 0.15) is 11.7 Å². The van der Waals surface area contributed by atoms with E-state index in [2.05, 4.69) is 16.0 Å². The molecule has 0 aliphatic heterocycles. The molecule has 2 aliphatic carbocycles. The molecule has 1 heterocycles. The summed E-state index contributed by atoms with van der Waals surface area (Å²) >= 11 is 0. The Kier molecular flexibility index (Phi) is 3.75. The van der Waals surface area contributed by atoms with Gasteiger partial charge in [0.15, 0.2) is 5.78 Å². The molecule has 1 aromatic rings. The van der Waals surface area contributed by atoms with E-state index in [0.29, 0.717) is 29.8 Å². The van der Waals surface area contributed by atoms with Gasteiger partial charge in [-0.3, -0.25) is 4.79 Å². The lowest BCUT2D eigenvalue weighted by molar-refractivity contribution is -0.120. The van der Waals surface area contributed by atoms with Crippen molar-refractivity contribution in [2.24, 2.45) is 17.8 Å². The first-order valence-electron chi connectivity index (χ1n) is 7.81. The summed E-state index contributed by atoms with van der Waals surface area (Å²) in [5, 5.41) is 9.41. The molecular formula is C17H21N3O. The molecule has 4 nitrogen and oxygen atoms in total. The molecule has 21 heavy (non-hydrogen) atoms. The lowest BCUT2D eigenvalue weighted by Crippen LogP contribution is -2.20. The number of hydrogen-bond donors (Lipinski definition) is 0. The third-order valence-corrected chi connectivity index (χ3v) is 5.08. The van der Waals surface area contributed by atoms with Crippen molar-refractivity contribution < 1.29 is 4.79 Å². The highest BCUT2D eigenvalue weighted by Gasteiger charge is 2.41. The molecule has 4 heteroatoms. The Labute approximate surface area is 125 Å². The number of nitrogens with zero attached hydrogens (tertiary/aromatic N) is 3. The fourth-order valence-electron chi connectivity index (χ4n) is 4.20. The van der Waals surface area contributed by atoms with E-state index in [0.717, 1.165) is 11.6 Å². The average Bonchev–Trinajstić information content (AvgIpc) is 3.00. The SMILES string of the molecule is Cc1cc([C@@H](C#N)C(=O)C[C@H]2C[C@H]3CC[C@H]2C3)nc(C)n1. The van der Waals surface area contributed by atoms with Gasteiger partial charge in [0.2, 0.25) is 0 Å². The quantitative estimate of drug-likeness (QED) is 0.851. The van der Waals surface area contributed by atoms with Crippen LogP contribution in [0.3, 0.4) is 0 Å². The number of hydrogen-bond acceptors (Lipinski definition) is 4. The Balaban J connectivity index is 1.74. The Morgan fingerprint density at radius 2 is 2.19 bits per heavy atom. The number of rotatable bonds is 4. The molecule has 3 rings (SSSR count). The zero-order valence-corrected chi connectivity index (χ0v) is 12.7. The van der Waals surface area contributed by atoms with Crippen LogP contribution in [0.25, 0.3) is 0 Å². The zero-order chi connectivity index (χ0) is 15.0. The normalized spacial score (nSPS) is 28.3. The van der Waals surface area contributed by atoms with Crippen molar-refractivity contribution in [2.75, 3.05) is 0 Å². The Morgan fingerprint density at radius 1 is 1.38 bits per heavy atom. The van der Waals surface area contributed by atoms with E-state index < -0.39 is 5.92 Å². The van der Waals surface area contributed by atoms with Crippen LogP contribution in [0.2, 0.25) is 0 Å². The minimum absolute atomic E-state index is 0.0348. The smallest absolute Gasteiger partial charge is 0.156 e. The van der Waals surface area contributed by atoms with Crippen molar-refractivity contribution in [1.29, 1.82) is 5.26 Å². The van der Waals surface area contributed by atoms with Crippen LogP contribution in [-0.2, 0) is 4.79 Å². The molecule has 1 aromatic heterocycles. The molecule has 2 aliphatic rings. The first-order chi connectivity index (χ1) is 10.1. The fraction of sp³-hybridized carbons (Fsp3) is 0.647. The topological polar surface area (TPSA) is 66.6 Å². The van der Waals surface area contributed by atoms with Crippen molar-refractivity contribution >= 4 is 5.78 Å². The fourth-order valence-corrected chi connectivity index (χ4v) is 4.20. The summed E-state index contributed by atoms with van der Waals surface area (Å²) in [6.45, 7) is 3.67. The second-order valence-corrected chi connectivity index (χ2v) is 6.65.